The van der Waals surface area contributed by atoms with Gasteiger partial charge in [-0.15, -0.1) is 0 Å². The molecule has 2 aromatic rings. The van der Waals surface area contributed by atoms with E-state index in [-0.39, 0.29) is 45.3 Å². The Labute approximate surface area is 220 Å². The third kappa shape index (κ3) is 3.81. The van der Waals surface area contributed by atoms with Crippen molar-refractivity contribution in [2.45, 2.75) is 49.7 Å². The van der Waals surface area contributed by atoms with Crippen LogP contribution in [0.15, 0.2) is 22.4 Å². The summed E-state index contributed by atoms with van der Waals surface area (Å²) >= 11 is 9.49. The molecule has 1 unspecified atom stereocenters. The van der Waals surface area contributed by atoms with Gasteiger partial charge in [0.2, 0.25) is 0 Å². The van der Waals surface area contributed by atoms with Crippen molar-refractivity contribution in [3.05, 3.63) is 33.3 Å². The highest BCUT2D eigenvalue weighted by Gasteiger charge is 2.47. The van der Waals surface area contributed by atoms with Gasteiger partial charge in [-0.3, -0.25) is 9.80 Å². The molecule has 4 aliphatic rings. The molecule has 1 aromatic heterocycles. The summed E-state index contributed by atoms with van der Waals surface area (Å²) < 4.78 is 34.8. The zero-order valence-corrected chi connectivity index (χ0v) is 21.7. The molecule has 12 heteroatoms. The smallest absolute Gasteiger partial charge is 0.407 e. The van der Waals surface area contributed by atoms with E-state index < -0.39 is 11.9 Å². The van der Waals surface area contributed by atoms with E-state index in [0.717, 1.165) is 37.8 Å². The number of rotatable bonds is 4. The molecule has 4 aliphatic heterocycles. The SMILES string of the molecule is O=C(O)N1[C@@H]2CC[C@H]1CN(c1nc(OCC34CCCN3C/C(=C\F)C4)nc3c(F)c(Br)c(Cl)cc13)C2. The molecular formula is C24H25BrClF2N5O3. The number of hydrogen-bond donors (Lipinski definition) is 1. The first-order valence-corrected chi connectivity index (χ1v) is 13.2. The molecule has 0 spiro atoms. The number of benzene rings is 1. The van der Waals surface area contributed by atoms with Crippen LogP contribution >= 0.6 is 27.5 Å². The molecule has 5 heterocycles. The van der Waals surface area contributed by atoms with Gasteiger partial charge in [-0.1, -0.05) is 11.6 Å². The second-order valence-electron chi connectivity index (χ2n) is 10.2. The van der Waals surface area contributed by atoms with Gasteiger partial charge in [0.25, 0.3) is 0 Å². The largest absolute Gasteiger partial charge is 0.465 e. The molecule has 0 saturated carbocycles. The van der Waals surface area contributed by atoms with E-state index in [0.29, 0.717) is 43.6 Å². The van der Waals surface area contributed by atoms with Crippen LogP contribution in [-0.2, 0) is 0 Å². The normalized spacial score (nSPS) is 28.9. The summed E-state index contributed by atoms with van der Waals surface area (Å²) in [7, 11) is 0. The molecule has 0 aliphatic carbocycles. The number of amides is 1. The molecule has 2 bridgehead atoms. The molecule has 192 valence electrons. The molecule has 0 radical (unpaired) electrons. The molecule has 1 aromatic carbocycles. The molecule has 4 saturated heterocycles. The minimum absolute atomic E-state index is 0.0394. The lowest BCUT2D eigenvalue weighted by Crippen LogP contribution is -2.55. The fourth-order valence-electron chi connectivity index (χ4n) is 6.48. The number of nitrogens with zero attached hydrogens (tertiary/aromatic N) is 5. The van der Waals surface area contributed by atoms with Crippen LogP contribution in [0.25, 0.3) is 10.9 Å². The van der Waals surface area contributed by atoms with Crippen LogP contribution in [0.4, 0.5) is 19.4 Å². The maximum Gasteiger partial charge on any atom is 0.407 e. The van der Waals surface area contributed by atoms with E-state index in [1.165, 1.54) is 4.90 Å². The van der Waals surface area contributed by atoms with Gasteiger partial charge in [-0.2, -0.15) is 9.97 Å². The van der Waals surface area contributed by atoms with Crippen LogP contribution in [0.2, 0.25) is 5.02 Å². The summed E-state index contributed by atoms with van der Waals surface area (Å²) in [5, 5.41) is 10.3. The summed E-state index contributed by atoms with van der Waals surface area (Å²) in [4.78, 5) is 26.6. The van der Waals surface area contributed by atoms with E-state index in [1.54, 1.807) is 6.07 Å². The first-order valence-electron chi connectivity index (χ1n) is 12.1. The van der Waals surface area contributed by atoms with Gasteiger partial charge in [0.1, 0.15) is 17.9 Å². The van der Waals surface area contributed by atoms with E-state index >= 15 is 4.39 Å². The number of hydrogen-bond acceptors (Lipinski definition) is 6. The molecule has 3 atom stereocenters. The van der Waals surface area contributed by atoms with Crippen LogP contribution in [-0.4, -0.2) is 81.4 Å². The second kappa shape index (κ2) is 8.95. The average molecular weight is 585 g/mol. The Hall–Kier alpha value is -2.24. The van der Waals surface area contributed by atoms with Crippen molar-refractivity contribution < 1.29 is 23.4 Å². The second-order valence-corrected chi connectivity index (χ2v) is 11.4. The van der Waals surface area contributed by atoms with Gasteiger partial charge in [-0.25, -0.2) is 13.6 Å². The number of fused-ring (bicyclic) bond motifs is 4. The number of piperazine rings is 1. The van der Waals surface area contributed by atoms with Crippen LogP contribution in [0, 0.1) is 5.82 Å². The maximum absolute atomic E-state index is 15.3. The minimum Gasteiger partial charge on any atom is -0.465 e. The first-order chi connectivity index (χ1) is 17.3. The Morgan fingerprint density at radius 1 is 1.33 bits per heavy atom. The predicted molar refractivity (Wildman–Crippen MR) is 134 cm³/mol. The highest BCUT2D eigenvalue weighted by atomic mass is 79.9. The Kier molecular flexibility index (Phi) is 6.00. The molecular weight excluding hydrogens is 560 g/mol. The minimum atomic E-state index is -0.921. The third-order valence-corrected chi connectivity index (χ3v) is 9.41. The van der Waals surface area contributed by atoms with Crippen molar-refractivity contribution in [2.75, 3.05) is 37.7 Å². The standard InChI is InChI=1S/C24H25BrClF2N5O3/c25-18-17(26)6-16-20(19(18)28)29-22(36-12-24-4-1-5-32(24)9-13(7-24)8-27)30-21(16)31-10-14-2-3-15(11-31)33(14)23(34)35/h6,8,14-15H,1-5,7,9-12H2,(H,34,35)/b13-8-/t14-,15+,24?. The highest BCUT2D eigenvalue weighted by Crippen LogP contribution is 2.43. The Balaban J connectivity index is 1.36. The molecule has 1 N–H and O–H groups in total. The van der Waals surface area contributed by atoms with Crippen molar-refractivity contribution in [1.29, 1.82) is 0 Å². The maximum atomic E-state index is 15.3. The monoisotopic (exact) mass is 583 g/mol. The number of aromatic nitrogens is 2. The van der Waals surface area contributed by atoms with Crippen LogP contribution < -0.4 is 9.64 Å². The Morgan fingerprint density at radius 3 is 2.78 bits per heavy atom. The number of carbonyl (C=O) groups is 1. The average Bonchev–Trinajstić information content (AvgIpc) is 3.49. The molecule has 36 heavy (non-hydrogen) atoms. The Bertz CT molecular complexity index is 1270. The summed E-state index contributed by atoms with van der Waals surface area (Å²) in [5.41, 5.74) is 0.507. The number of anilines is 1. The summed E-state index contributed by atoms with van der Waals surface area (Å²) in [5.74, 6) is -0.135. The van der Waals surface area contributed by atoms with Gasteiger partial charge < -0.3 is 14.7 Å². The van der Waals surface area contributed by atoms with E-state index in [2.05, 4.69) is 25.8 Å². The van der Waals surface area contributed by atoms with Crippen molar-refractivity contribution in [2.24, 2.45) is 0 Å². The molecule has 4 fully saturated rings. The highest BCUT2D eigenvalue weighted by molar-refractivity contribution is 9.10. The van der Waals surface area contributed by atoms with Crippen LogP contribution in [0.5, 0.6) is 6.01 Å². The summed E-state index contributed by atoms with van der Waals surface area (Å²) in [6.07, 6.45) is 3.76. The van der Waals surface area contributed by atoms with Gasteiger partial charge in [-0.05, 0) is 66.2 Å². The molecule has 8 nitrogen and oxygen atoms in total. The van der Waals surface area contributed by atoms with Crippen molar-refractivity contribution >= 4 is 50.3 Å². The number of carboxylic acid groups (broad SMARTS) is 1. The van der Waals surface area contributed by atoms with E-state index in [9.17, 15) is 14.3 Å². The van der Waals surface area contributed by atoms with Crippen molar-refractivity contribution in [3.8, 4) is 6.01 Å². The zero-order valence-electron chi connectivity index (χ0n) is 19.4. The van der Waals surface area contributed by atoms with Gasteiger partial charge in [0.05, 0.1) is 33.4 Å². The van der Waals surface area contributed by atoms with Crippen molar-refractivity contribution in [1.82, 2.24) is 19.8 Å². The lowest BCUT2D eigenvalue weighted by molar-refractivity contribution is 0.107. The van der Waals surface area contributed by atoms with E-state index in [1.807, 2.05) is 4.90 Å². The number of ether oxygens (including phenoxy) is 1. The number of halogens is 4. The van der Waals surface area contributed by atoms with Gasteiger partial charge in [0, 0.05) is 25.0 Å². The lowest BCUT2D eigenvalue weighted by atomic mass is 9.94. The first kappa shape index (κ1) is 24.1. The summed E-state index contributed by atoms with van der Waals surface area (Å²) in [6.45, 7) is 2.60. The van der Waals surface area contributed by atoms with Gasteiger partial charge >= 0.3 is 12.1 Å². The lowest BCUT2D eigenvalue weighted by Gasteiger charge is -2.40. The topological polar surface area (TPSA) is 82.0 Å². The Morgan fingerprint density at radius 2 is 2.08 bits per heavy atom. The van der Waals surface area contributed by atoms with Crippen LogP contribution in [0.3, 0.4) is 0 Å². The van der Waals surface area contributed by atoms with Crippen molar-refractivity contribution in [3.63, 3.8) is 0 Å². The van der Waals surface area contributed by atoms with Crippen LogP contribution in [0.1, 0.15) is 32.1 Å². The molecule has 6 rings (SSSR count). The quantitative estimate of drug-likeness (QED) is 0.508. The van der Waals surface area contributed by atoms with E-state index in [4.69, 9.17) is 21.3 Å². The summed E-state index contributed by atoms with van der Waals surface area (Å²) in [6, 6.07) is 1.34. The zero-order chi connectivity index (χ0) is 25.2. The van der Waals surface area contributed by atoms with Gasteiger partial charge in [0.15, 0.2) is 5.82 Å². The fraction of sp³-hybridized carbons (Fsp3) is 0.542. The fourth-order valence-corrected chi connectivity index (χ4v) is 6.98. The third-order valence-electron chi connectivity index (χ3n) is 8.10. The predicted octanol–water partition coefficient (Wildman–Crippen LogP) is 4.99. The molecule has 1 amide bonds.